The van der Waals surface area contributed by atoms with Crippen LogP contribution in [0.1, 0.15) is 25.0 Å². The van der Waals surface area contributed by atoms with E-state index in [9.17, 15) is 4.39 Å². The summed E-state index contributed by atoms with van der Waals surface area (Å²) in [5.74, 6) is 0.375. The quantitative estimate of drug-likeness (QED) is 0.748. The molecule has 0 atom stereocenters. The lowest BCUT2D eigenvalue weighted by Gasteiger charge is -2.13. The van der Waals surface area contributed by atoms with Gasteiger partial charge in [-0.05, 0) is 43.7 Å². The number of benzene rings is 1. The van der Waals surface area contributed by atoms with E-state index in [4.69, 9.17) is 4.74 Å². The molecular weight excluding hydrogens is 305 g/mol. The van der Waals surface area contributed by atoms with Crippen molar-refractivity contribution in [2.24, 2.45) is 0 Å². The molecule has 24 heavy (non-hydrogen) atoms. The molecule has 0 saturated heterocycles. The minimum Gasteiger partial charge on any atom is -0.475 e. The van der Waals surface area contributed by atoms with Crippen molar-refractivity contribution in [1.82, 2.24) is 15.3 Å². The summed E-state index contributed by atoms with van der Waals surface area (Å²) in [6, 6.07) is 10.6. The maximum absolute atomic E-state index is 13.8. The molecule has 0 aliphatic carbocycles. The van der Waals surface area contributed by atoms with Gasteiger partial charge in [0.25, 0.3) is 0 Å². The summed E-state index contributed by atoms with van der Waals surface area (Å²) in [6.07, 6.45) is 3.50. The van der Waals surface area contributed by atoms with Crippen LogP contribution >= 0.6 is 0 Å². The first-order valence-electron chi connectivity index (χ1n) is 7.98. The molecule has 4 nitrogen and oxygen atoms in total. The highest BCUT2D eigenvalue weighted by atomic mass is 19.1. The molecule has 5 heteroatoms. The van der Waals surface area contributed by atoms with Gasteiger partial charge in [-0.25, -0.2) is 9.37 Å². The second-order valence-corrected chi connectivity index (χ2v) is 5.88. The first-order chi connectivity index (χ1) is 11.6. The number of halogens is 1. The average molecular weight is 325 g/mol. The summed E-state index contributed by atoms with van der Waals surface area (Å²) in [4.78, 5) is 8.64. The zero-order valence-electron chi connectivity index (χ0n) is 13.8. The van der Waals surface area contributed by atoms with E-state index in [1.165, 1.54) is 12.1 Å². The van der Waals surface area contributed by atoms with Gasteiger partial charge in [0.2, 0.25) is 5.88 Å². The zero-order chi connectivity index (χ0) is 16.9. The lowest BCUT2D eigenvalue weighted by molar-refractivity contribution is 0.229. The van der Waals surface area contributed by atoms with Crippen LogP contribution in [0.3, 0.4) is 0 Å². The second kappa shape index (κ2) is 7.36. The smallest absolute Gasteiger partial charge is 0.218 e. The van der Waals surface area contributed by atoms with Crippen LogP contribution in [-0.4, -0.2) is 16.1 Å². The van der Waals surface area contributed by atoms with Crippen molar-refractivity contribution in [3.63, 3.8) is 0 Å². The zero-order valence-corrected chi connectivity index (χ0v) is 13.8. The Hall–Kier alpha value is -2.53. The van der Waals surface area contributed by atoms with Crippen LogP contribution in [-0.2, 0) is 13.1 Å². The van der Waals surface area contributed by atoms with Gasteiger partial charge < -0.3 is 10.1 Å². The molecule has 0 aliphatic heterocycles. The fourth-order valence-corrected chi connectivity index (χ4v) is 2.58. The molecule has 0 bridgehead atoms. The minimum absolute atomic E-state index is 0.0648. The minimum atomic E-state index is -0.252. The lowest BCUT2D eigenvalue weighted by Crippen LogP contribution is -2.16. The van der Waals surface area contributed by atoms with Crippen molar-refractivity contribution in [2.75, 3.05) is 0 Å². The van der Waals surface area contributed by atoms with Crippen LogP contribution in [0.2, 0.25) is 0 Å². The number of ether oxygens (including phenoxy) is 1. The van der Waals surface area contributed by atoms with Crippen LogP contribution in [0.15, 0.2) is 48.8 Å². The SMILES string of the molecule is CC(C)Oc1ncccc1CNCc1cc(F)cc2cccnc12. The Bertz CT molecular complexity index is 836. The van der Waals surface area contributed by atoms with Gasteiger partial charge in [-0.15, -0.1) is 0 Å². The van der Waals surface area contributed by atoms with Crippen LogP contribution < -0.4 is 10.1 Å². The molecule has 3 aromatic rings. The van der Waals surface area contributed by atoms with Crippen molar-refractivity contribution in [3.05, 3.63) is 65.7 Å². The predicted octanol–water partition coefficient (Wildman–Crippen LogP) is 3.85. The number of fused-ring (bicyclic) bond motifs is 1. The van der Waals surface area contributed by atoms with Gasteiger partial charge in [-0.2, -0.15) is 0 Å². The van der Waals surface area contributed by atoms with E-state index in [1.807, 2.05) is 38.1 Å². The monoisotopic (exact) mass is 325 g/mol. The summed E-state index contributed by atoms with van der Waals surface area (Å²) in [6.45, 7) is 5.04. The Labute approximate surface area is 140 Å². The van der Waals surface area contributed by atoms with Crippen molar-refractivity contribution in [2.45, 2.75) is 33.0 Å². The van der Waals surface area contributed by atoms with E-state index in [-0.39, 0.29) is 11.9 Å². The van der Waals surface area contributed by atoms with Crippen LogP contribution in [0.5, 0.6) is 5.88 Å². The number of hydrogen-bond acceptors (Lipinski definition) is 4. The molecule has 3 rings (SSSR count). The number of aromatic nitrogens is 2. The summed E-state index contributed by atoms with van der Waals surface area (Å²) in [5, 5.41) is 4.13. The van der Waals surface area contributed by atoms with Crippen molar-refractivity contribution in [3.8, 4) is 5.88 Å². The highest BCUT2D eigenvalue weighted by molar-refractivity contribution is 5.81. The summed E-state index contributed by atoms with van der Waals surface area (Å²) < 4.78 is 19.5. The summed E-state index contributed by atoms with van der Waals surface area (Å²) in [7, 11) is 0. The van der Waals surface area contributed by atoms with E-state index in [2.05, 4.69) is 15.3 Å². The third-order valence-electron chi connectivity index (χ3n) is 3.58. The van der Waals surface area contributed by atoms with Gasteiger partial charge in [0.1, 0.15) is 5.82 Å². The molecule has 2 aromatic heterocycles. The van der Waals surface area contributed by atoms with Gasteiger partial charge in [-0.1, -0.05) is 12.1 Å². The molecule has 2 heterocycles. The Balaban J connectivity index is 1.74. The fourth-order valence-electron chi connectivity index (χ4n) is 2.58. The van der Waals surface area contributed by atoms with E-state index in [1.54, 1.807) is 12.4 Å². The van der Waals surface area contributed by atoms with E-state index in [0.717, 1.165) is 22.0 Å². The van der Waals surface area contributed by atoms with Crippen LogP contribution in [0.25, 0.3) is 10.9 Å². The highest BCUT2D eigenvalue weighted by Gasteiger charge is 2.08. The maximum atomic E-state index is 13.8. The lowest BCUT2D eigenvalue weighted by atomic mass is 10.1. The predicted molar refractivity (Wildman–Crippen MR) is 92.2 cm³/mol. The molecule has 0 saturated carbocycles. The largest absolute Gasteiger partial charge is 0.475 e. The Morgan fingerprint density at radius 3 is 2.62 bits per heavy atom. The van der Waals surface area contributed by atoms with Gasteiger partial charge in [0.05, 0.1) is 11.6 Å². The number of nitrogens with one attached hydrogen (secondary N) is 1. The number of nitrogens with zero attached hydrogens (tertiary/aromatic N) is 2. The number of rotatable bonds is 6. The van der Waals surface area contributed by atoms with Gasteiger partial charge in [0, 0.05) is 36.4 Å². The first kappa shape index (κ1) is 16.3. The molecular formula is C19H20FN3O. The Morgan fingerprint density at radius 1 is 1.04 bits per heavy atom. The Morgan fingerprint density at radius 2 is 1.79 bits per heavy atom. The molecule has 0 amide bonds. The third-order valence-corrected chi connectivity index (χ3v) is 3.58. The summed E-state index contributed by atoms with van der Waals surface area (Å²) in [5.41, 5.74) is 2.62. The molecule has 0 radical (unpaired) electrons. The molecule has 124 valence electrons. The van der Waals surface area contributed by atoms with E-state index < -0.39 is 0 Å². The molecule has 0 unspecified atom stereocenters. The van der Waals surface area contributed by atoms with Crippen molar-refractivity contribution < 1.29 is 9.13 Å². The average Bonchev–Trinajstić information content (AvgIpc) is 2.55. The van der Waals surface area contributed by atoms with Crippen molar-refractivity contribution >= 4 is 10.9 Å². The summed E-state index contributed by atoms with van der Waals surface area (Å²) >= 11 is 0. The fraction of sp³-hybridized carbons (Fsp3) is 0.263. The maximum Gasteiger partial charge on any atom is 0.218 e. The van der Waals surface area contributed by atoms with E-state index >= 15 is 0 Å². The van der Waals surface area contributed by atoms with Gasteiger partial charge in [-0.3, -0.25) is 4.98 Å². The van der Waals surface area contributed by atoms with Gasteiger partial charge in [0.15, 0.2) is 0 Å². The number of pyridine rings is 2. The number of hydrogen-bond donors (Lipinski definition) is 1. The normalized spacial score (nSPS) is 11.2. The highest BCUT2D eigenvalue weighted by Crippen LogP contribution is 2.19. The third kappa shape index (κ3) is 3.86. The molecule has 1 aromatic carbocycles. The van der Waals surface area contributed by atoms with Crippen LogP contribution in [0, 0.1) is 5.82 Å². The molecule has 0 spiro atoms. The van der Waals surface area contributed by atoms with Gasteiger partial charge >= 0.3 is 0 Å². The molecule has 0 aliphatic rings. The first-order valence-corrected chi connectivity index (χ1v) is 7.98. The standard InChI is InChI=1S/C19H20FN3O/c1-13(2)24-19-15(6-4-8-23-19)11-21-12-16-10-17(20)9-14-5-3-7-22-18(14)16/h3-10,13,21H,11-12H2,1-2H3. The topological polar surface area (TPSA) is 47.0 Å². The second-order valence-electron chi connectivity index (χ2n) is 5.88. The Kier molecular flexibility index (Phi) is 5.01. The van der Waals surface area contributed by atoms with Crippen molar-refractivity contribution in [1.29, 1.82) is 0 Å². The molecule has 1 N–H and O–H groups in total. The molecule has 0 fully saturated rings. The van der Waals surface area contributed by atoms with E-state index in [0.29, 0.717) is 19.0 Å². The van der Waals surface area contributed by atoms with Crippen LogP contribution in [0.4, 0.5) is 4.39 Å².